The summed E-state index contributed by atoms with van der Waals surface area (Å²) in [7, 11) is -2.11. The molecular formula is C18H42NO3P. The maximum atomic E-state index is 8.18. The highest BCUT2D eigenvalue weighted by Crippen LogP contribution is 2.24. The molecule has 0 bridgehead atoms. The van der Waals surface area contributed by atoms with Crippen LogP contribution < -0.4 is 5.73 Å². The molecule has 0 aromatic carbocycles. The molecule has 23 heavy (non-hydrogen) atoms. The Balaban J connectivity index is 0. The van der Waals surface area contributed by atoms with E-state index in [4.69, 9.17) is 15.5 Å². The van der Waals surface area contributed by atoms with Crippen LogP contribution in [-0.2, 0) is 4.52 Å². The van der Waals surface area contributed by atoms with E-state index in [1.807, 2.05) is 6.92 Å². The summed E-state index contributed by atoms with van der Waals surface area (Å²) < 4.78 is 4.46. The van der Waals surface area contributed by atoms with Crippen LogP contribution >= 0.6 is 8.60 Å². The molecule has 0 aliphatic rings. The molecule has 0 heterocycles. The van der Waals surface area contributed by atoms with Gasteiger partial charge < -0.3 is 20.0 Å². The van der Waals surface area contributed by atoms with Gasteiger partial charge in [-0.15, -0.1) is 0 Å². The number of rotatable bonds is 16. The van der Waals surface area contributed by atoms with Crippen LogP contribution in [0.4, 0.5) is 0 Å². The molecule has 0 aromatic rings. The van der Waals surface area contributed by atoms with Gasteiger partial charge in [0.25, 0.3) is 0 Å². The van der Waals surface area contributed by atoms with Crippen molar-refractivity contribution in [2.45, 2.75) is 104 Å². The van der Waals surface area contributed by atoms with Gasteiger partial charge in [0.1, 0.15) is 0 Å². The van der Waals surface area contributed by atoms with E-state index in [9.17, 15) is 0 Å². The van der Waals surface area contributed by atoms with Crippen LogP contribution in [0.25, 0.3) is 0 Å². The van der Waals surface area contributed by atoms with E-state index in [0.717, 1.165) is 19.4 Å². The molecule has 4 nitrogen and oxygen atoms in total. The van der Waals surface area contributed by atoms with Crippen molar-refractivity contribution in [2.24, 2.45) is 5.73 Å². The minimum atomic E-state index is -2.11. The summed E-state index contributed by atoms with van der Waals surface area (Å²) in [5.74, 6) is 0. The molecule has 0 spiro atoms. The minimum absolute atomic E-state index is 0.454. The lowest BCUT2D eigenvalue weighted by Gasteiger charge is -2.01. The molecular weight excluding hydrogens is 309 g/mol. The molecule has 0 radical (unpaired) electrons. The Hall–Kier alpha value is 0.270. The molecule has 0 unspecified atom stereocenters. The van der Waals surface area contributed by atoms with Crippen molar-refractivity contribution < 1.29 is 14.3 Å². The van der Waals surface area contributed by atoms with Crippen molar-refractivity contribution in [1.82, 2.24) is 0 Å². The van der Waals surface area contributed by atoms with Gasteiger partial charge in [0.05, 0.1) is 6.61 Å². The topological polar surface area (TPSA) is 75.7 Å². The molecule has 0 atom stereocenters. The van der Waals surface area contributed by atoms with Crippen LogP contribution in [0.15, 0.2) is 0 Å². The van der Waals surface area contributed by atoms with Crippen LogP contribution in [-0.4, -0.2) is 22.9 Å². The van der Waals surface area contributed by atoms with Crippen molar-refractivity contribution >= 4 is 8.60 Å². The Morgan fingerprint density at radius 2 is 1.04 bits per heavy atom. The molecule has 142 valence electrons. The fourth-order valence-corrected chi connectivity index (χ4v) is 2.57. The molecule has 5 heteroatoms. The van der Waals surface area contributed by atoms with Crippen molar-refractivity contribution in [3.8, 4) is 0 Å². The Bertz CT molecular complexity index is 183. The summed E-state index contributed by atoms with van der Waals surface area (Å²) in [6.45, 7) is 5.62. The van der Waals surface area contributed by atoms with E-state index in [0.29, 0.717) is 6.61 Å². The van der Waals surface area contributed by atoms with Gasteiger partial charge in [0, 0.05) is 0 Å². The SMILES string of the molecule is CCCCCCCCCCCCCCN.CCCCOP(O)O. The van der Waals surface area contributed by atoms with E-state index < -0.39 is 8.60 Å². The first-order valence-electron chi connectivity index (χ1n) is 9.69. The molecule has 4 N–H and O–H groups in total. The average Bonchev–Trinajstić information content (AvgIpc) is 2.53. The minimum Gasteiger partial charge on any atom is -0.330 e. The quantitative estimate of drug-likeness (QED) is 0.248. The molecule has 0 rings (SSSR count). The zero-order chi connectivity index (χ0) is 17.6. The fraction of sp³-hybridized carbons (Fsp3) is 1.00. The van der Waals surface area contributed by atoms with Crippen LogP contribution in [0.3, 0.4) is 0 Å². The second kappa shape index (κ2) is 24.5. The number of hydrogen-bond donors (Lipinski definition) is 3. The number of hydrogen-bond acceptors (Lipinski definition) is 4. The largest absolute Gasteiger partial charge is 0.330 e. The Morgan fingerprint density at radius 3 is 1.39 bits per heavy atom. The summed E-state index contributed by atoms with van der Waals surface area (Å²) in [4.78, 5) is 16.4. The maximum absolute atomic E-state index is 8.18. The van der Waals surface area contributed by atoms with Gasteiger partial charge in [-0.3, -0.25) is 0 Å². The normalized spacial score (nSPS) is 10.7. The highest BCUT2D eigenvalue weighted by atomic mass is 31.2. The van der Waals surface area contributed by atoms with Crippen molar-refractivity contribution in [3.63, 3.8) is 0 Å². The van der Waals surface area contributed by atoms with Gasteiger partial charge in [-0.1, -0.05) is 90.9 Å². The highest BCUT2D eigenvalue weighted by Gasteiger charge is 1.95. The van der Waals surface area contributed by atoms with Crippen molar-refractivity contribution in [3.05, 3.63) is 0 Å². The van der Waals surface area contributed by atoms with Crippen molar-refractivity contribution in [2.75, 3.05) is 13.2 Å². The zero-order valence-corrected chi connectivity index (χ0v) is 16.5. The van der Waals surface area contributed by atoms with E-state index in [-0.39, 0.29) is 0 Å². The van der Waals surface area contributed by atoms with Crippen LogP contribution in [0.2, 0.25) is 0 Å². The molecule has 0 fully saturated rings. The molecule has 0 saturated carbocycles. The van der Waals surface area contributed by atoms with E-state index in [1.54, 1.807) is 0 Å². The summed E-state index contributed by atoms with van der Waals surface area (Å²) >= 11 is 0. The summed E-state index contributed by atoms with van der Waals surface area (Å²) in [6, 6.07) is 0. The summed E-state index contributed by atoms with van der Waals surface area (Å²) in [5.41, 5.74) is 5.45. The number of nitrogens with two attached hydrogens (primary N) is 1. The summed E-state index contributed by atoms with van der Waals surface area (Å²) in [6.07, 6.45) is 18.8. The first-order chi connectivity index (χ1) is 11.2. The third-order valence-electron chi connectivity index (χ3n) is 3.76. The smallest absolute Gasteiger partial charge is 0.327 e. The lowest BCUT2D eigenvalue weighted by Crippen LogP contribution is -1.97. The predicted octanol–water partition coefficient (Wildman–Crippen LogP) is 5.66. The second-order valence-corrected chi connectivity index (χ2v) is 6.88. The fourth-order valence-electron chi connectivity index (χ4n) is 2.28. The lowest BCUT2D eigenvalue weighted by atomic mass is 10.1. The van der Waals surface area contributed by atoms with E-state index in [1.165, 1.54) is 77.0 Å². The van der Waals surface area contributed by atoms with Gasteiger partial charge in [0.15, 0.2) is 0 Å². The third-order valence-corrected chi connectivity index (χ3v) is 4.18. The third kappa shape index (κ3) is 30.7. The molecule has 0 aromatic heterocycles. The Labute approximate surface area is 146 Å². The first kappa shape index (κ1) is 25.5. The van der Waals surface area contributed by atoms with Crippen LogP contribution in [0.5, 0.6) is 0 Å². The van der Waals surface area contributed by atoms with Crippen molar-refractivity contribution in [1.29, 1.82) is 0 Å². The first-order valence-corrected chi connectivity index (χ1v) is 10.9. The molecule has 0 aliphatic carbocycles. The van der Waals surface area contributed by atoms with Crippen LogP contribution in [0.1, 0.15) is 104 Å². The average molecular weight is 352 g/mol. The van der Waals surface area contributed by atoms with Gasteiger partial charge >= 0.3 is 8.60 Å². The molecule has 0 saturated heterocycles. The maximum Gasteiger partial charge on any atom is 0.327 e. The van der Waals surface area contributed by atoms with Gasteiger partial charge in [-0.05, 0) is 19.4 Å². The second-order valence-electron chi connectivity index (χ2n) is 6.12. The lowest BCUT2D eigenvalue weighted by molar-refractivity contribution is 0.251. The Morgan fingerprint density at radius 1 is 0.652 bits per heavy atom. The van der Waals surface area contributed by atoms with E-state index >= 15 is 0 Å². The highest BCUT2D eigenvalue weighted by molar-refractivity contribution is 7.39. The van der Waals surface area contributed by atoms with Gasteiger partial charge in [-0.2, -0.15) is 0 Å². The molecule has 0 amide bonds. The zero-order valence-electron chi connectivity index (χ0n) is 15.6. The number of unbranched alkanes of at least 4 members (excludes halogenated alkanes) is 12. The monoisotopic (exact) mass is 351 g/mol. The van der Waals surface area contributed by atoms with Gasteiger partial charge in [-0.25, -0.2) is 0 Å². The van der Waals surface area contributed by atoms with Crippen LogP contribution in [0, 0.1) is 0 Å². The summed E-state index contributed by atoms with van der Waals surface area (Å²) in [5, 5.41) is 0. The Kier molecular flexibility index (Phi) is 27.2. The van der Waals surface area contributed by atoms with E-state index in [2.05, 4.69) is 11.4 Å². The van der Waals surface area contributed by atoms with Gasteiger partial charge in [0.2, 0.25) is 0 Å². The standard InChI is InChI=1S/C14H31N.C4H11O3P/c1-2-3-4-5-6-7-8-9-10-11-12-13-14-15;1-2-3-4-7-8(5)6/h2-15H2,1H3;5-6H,2-4H2,1H3. The molecule has 0 aliphatic heterocycles. The predicted molar refractivity (Wildman–Crippen MR) is 102 cm³/mol.